The van der Waals surface area contributed by atoms with Crippen molar-refractivity contribution in [1.29, 1.82) is 0 Å². The molecule has 0 spiro atoms. The van der Waals surface area contributed by atoms with Crippen molar-refractivity contribution in [1.82, 2.24) is 14.7 Å². The van der Waals surface area contributed by atoms with Crippen molar-refractivity contribution >= 4 is 11.7 Å². The highest BCUT2D eigenvalue weighted by atomic mass is 16.5. The van der Waals surface area contributed by atoms with Gasteiger partial charge in [-0.25, -0.2) is 0 Å². The highest BCUT2D eigenvalue weighted by Gasteiger charge is 2.27. The maximum atomic E-state index is 13.0. The summed E-state index contributed by atoms with van der Waals surface area (Å²) in [4.78, 5) is 26.9. The van der Waals surface area contributed by atoms with Crippen LogP contribution in [0, 0.1) is 0 Å². The van der Waals surface area contributed by atoms with E-state index in [0.29, 0.717) is 17.9 Å². The van der Waals surface area contributed by atoms with E-state index in [1.54, 1.807) is 25.0 Å². The number of ketones is 1. The first-order valence-electron chi connectivity index (χ1n) is 9.46. The second kappa shape index (κ2) is 8.48. The molecule has 1 saturated heterocycles. The van der Waals surface area contributed by atoms with E-state index in [4.69, 9.17) is 4.74 Å². The van der Waals surface area contributed by atoms with Crippen LogP contribution >= 0.6 is 0 Å². The van der Waals surface area contributed by atoms with Crippen LogP contribution in [0.3, 0.4) is 0 Å². The quantitative estimate of drug-likeness (QED) is 0.733. The number of aryl methyl sites for hydroxylation is 1. The monoisotopic (exact) mass is 369 g/mol. The molecule has 1 fully saturated rings. The third kappa shape index (κ3) is 4.11. The highest BCUT2D eigenvalue weighted by Crippen LogP contribution is 2.26. The zero-order valence-electron chi connectivity index (χ0n) is 16.3. The van der Waals surface area contributed by atoms with Crippen molar-refractivity contribution in [2.45, 2.75) is 38.6 Å². The lowest BCUT2D eigenvalue weighted by molar-refractivity contribution is 0.0553. The molecular weight excluding hydrogens is 342 g/mol. The molecule has 0 N–H and O–H groups in total. The Morgan fingerprint density at radius 3 is 2.63 bits per heavy atom. The van der Waals surface area contributed by atoms with Crippen LogP contribution in [0.4, 0.5) is 0 Å². The molecule has 1 amide bonds. The molecule has 0 bridgehead atoms. The van der Waals surface area contributed by atoms with Gasteiger partial charge in [0.15, 0.2) is 5.78 Å². The van der Waals surface area contributed by atoms with Crippen LogP contribution < -0.4 is 0 Å². The number of nitrogens with zero attached hydrogens (tertiary/aromatic N) is 3. The van der Waals surface area contributed by atoms with Gasteiger partial charge in [-0.1, -0.05) is 12.1 Å². The first-order valence-corrected chi connectivity index (χ1v) is 9.46. The fourth-order valence-electron chi connectivity index (χ4n) is 3.85. The SMILES string of the molecule is COCC[C@@H]1CCCCN1C(=O)c1ccc(-c2cnn(C)c2C(C)=O)cc1. The summed E-state index contributed by atoms with van der Waals surface area (Å²) >= 11 is 0. The standard InChI is InChI=1S/C21H27N3O3/c1-15(25)20-19(14-22-23(20)2)16-7-9-17(10-8-16)21(26)24-12-5-4-6-18(24)11-13-27-3/h7-10,14,18H,4-6,11-13H2,1-3H3/t18-/m0/s1. The Labute approximate surface area is 160 Å². The van der Waals surface area contributed by atoms with Gasteiger partial charge in [-0.05, 0) is 43.4 Å². The van der Waals surface area contributed by atoms with Crippen molar-refractivity contribution in [3.63, 3.8) is 0 Å². The van der Waals surface area contributed by atoms with E-state index >= 15 is 0 Å². The van der Waals surface area contributed by atoms with Gasteiger partial charge in [0.2, 0.25) is 0 Å². The summed E-state index contributed by atoms with van der Waals surface area (Å²) in [7, 11) is 3.45. The van der Waals surface area contributed by atoms with Crippen LogP contribution in [0.2, 0.25) is 0 Å². The van der Waals surface area contributed by atoms with Gasteiger partial charge in [0, 0.05) is 51.4 Å². The topological polar surface area (TPSA) is 64.4 Å². The molecule has 2 heterocycles. The summed E-state index contributed by atoms with van der Waals surface area (Å²) in [5, 5.41) is 4.19. The van der Waals surface area contributed by atoms with Crippen LogP contribution in [0.25, 0.3) is 11.1 Å². The Hall–Kier alpha value is -2.47. The molecule has 1 aromatic heterocycles. The third-order valence-electron chi connectivity index (χ3n) is 5.26. The summed E-state index contributed by atoms with van der Waals surface area (Å²) in [6, 6.07) is 7.72. The number of Topliss-reactive ketones (excluding diaryl/α,β-unsaturated/α-hetero) is 1. The largest absolute Gasteiger partial charge is 0.385 e. The van der Waals surface area contributed by atoms with Gasteiger partial charge in [0.25, 0.3) is 5.91 Å². The van der Waals surface area contributed by atoms with E-state index in [1.807, 2.05) is 29.2 Å². The van der Waals surface area contributed by atoms with Crippen molar-refractivity contribution < 1.29 is 14.3 Å². The number of likely N-dealkylation sites (tertiary alicyclic amines) is 1. The number of rotatable bonds is 6. The maximum absolute atomic E-state index is 13.0. The predicted molar refractivity (Wildman–Crippen MR) is 104 cm³/mol. The zero-order valence-corrected chi connectivity index (χ0v) is 16.3. The van der Waals surface area contributed by atoms with Gasteiger partial charge in [-0.15, -0.1) is 0 Å². The number of hydrogen-bond acceptors (Lipinski definition) is 4. The molecule has 0 aliphatic carbocycles. The molecule has 6 heteroatoms. The molecule has 1 aromatic carbocycles. The first kappa shape index (κ1) is 19.3. The summed E-state index contributed by atoms with van der Waals surface area (Å²) in [5.41, 5.74) is 2.93. The number of ether oxygens (including phenoxy) is 1. The molecule has 0 saturated carbocycles. The van der Waals surface area contributed by atoms with Gasteiger partial charge in [-0.3, -0.25) is 14.3 Å². The van der Waals surface area contributed by atoms with E-state index in [2.05, 4.69) is 5.10 Å². The lowest BCUT2D eigenvalue weighted by Gasteiger charge is -2.36. The number of piperidine rings is 1. The van der Waals surface area contributed by atoms with Gasteiger partial charge < -0.3 is 9.64 Å². The number of amides is 1. The fourth-order valence-corrected chi connectivity index (χ4v) is 3.85. The first-order chi connectivity index (χ1) is 13.0. The van der Waals surface area contributed by atoms with Gasteiger partial charge in [-0.2, -0.15) is 5.10 Å². The van der Waals surface area contributed by atoms with Gasteiger partial charge in [0.1, 0.15) is 5.69 Å². The predicted octanol–water partition coefficient (Wildman–Crippen LogP) is 3.32. The average Bonchev–Trinajstić information content (AvgIpc) is 3.08. The van der Waals surface area contributed by atoms with E-state index in [1.165, 1.54) is 6.92 Å². The third-order valence-corrected chi connectivity index (χ3v) is 5.26. The lowest BCUT2D eigenvalue weighted by Crippen LogP contribution is -2.44. The Bertz CT molecular complexity index is 811. The number of aromatic nitrogens is 2. The molecule has 0 unspecified atom stereocenters. The van der Waals surface area contributed by atoms with E-state index in [-0.39, 0.29) is 17.7 Å². The molecular formula is C21H27N3O3. The summed E-state index contributed by atoms with van der Waals surface area (Å²) in [6.45, 7) is 3.00. The molecule has 0 radical (unpaired) electrons. The number of hydrogen-bond donors (Lipinski definition) is 0. The van der Waals surface area contributed by atoms with Crippen molar-refractivity contribution in [2.75, 3.05) is 20.3 Å². The molecule has 2 aromatic rings. The number of carbonyl (C=O) groups is 2. The molecule has 1 atom stereocenters. The second-order valence-electron chi connectivity index (χ2n) is 7.09. The fraction of sp³-hybridized carbons (Fsp3) is 0.476. The smallest absolute Gasteiger partial charge is 0.254 e. The highest BCUT2D eigenvalue weighted by molar-refractivity contribution is 5.99. The summed E-state index contributed by atoms with van der Waals surface area (Å²) in [5.74, 6) is 0.0415. The van der Waals surface area contributed by atoms with Crippen LogP contribution in [0.5, 0.6) is 0 Å². The number of carbonyl (C=O) groups excluding carboxylic acids is 2. The Morgan fingerprint density at radius 1 is 1.22 bits per heavy atom. The molecule has 3 rings (SSSR count). The Morgan fingerprint density at radius 2 is 1.96 bits per heavy atom. The molecule has 144 valence electrons. The zero-order chi connectivity index (χ0) is 19.4. The normalized spacial score (nSPS) is 17.1. The van der Waals surface area contributed by atoms with Crippen molar-refractivity contribution in [3.8, 4) is 11.1 Å². The summed E-state index contributed by atoms with van der Waals surface area (Å²) < 4.78 is 6.79. The molecule has 1 aliphatic rings. The van der Waals surface area contributed by atoms with E-state index < -0.39 is 0 Å². The summed E-state index contributed by atoms with van der Waals surface area (Å²) in [6.07, 6.45) is 5.80. The lowest BCUT2D eigenvalue weighted by atomic mass is 9.97. The Kier molecular flexibility index (Phi) is 6.06. The second-order valence-corrected chi connectivity index (χ2v) is 7.09. The van der Waals surface area contributed by atoms with Crippen LogP contribution in [0.1, 0.15) is 53.5 Å². The van der Waals surface area contributed by atoms with Crippen LogP contribution in [-0.2, 0) is 11.8 Å². The van der Waals surface area contributed by atoms with Gasteiger partial charge in [0.05, 0.1) is 6.20 Å². The van der Waals surface area contributed by atoms with Crippen molar-refractivity contribution in [3.05, 3.63) is 41.7 Å². The Balaban J connectivity index is 1.80. The molecule has 1 aliphatic heterocycles. The van der Waals surface area contributed by atoms with Crippen LogP contribution in [0.15, 0.2) is 30.5 Å². The van der Waals surface area contributed by atoms with Crippen molar-refractivity contribution in [2.24, 2.45) is 7.05 Å². The van der Waals surface area contributed by atoms with Crippen LogP contribution in [-0.4, -0.2) is 52.7 Å². The van der Waals surface area contributed by atoms with E-state index in [9.17, 15) is 9.59 Å². The average molecular weight is 369 g/mol. The minimum Gasteiger partial charge on any atom is -0.385 e. The number of methoxy groups -OCH3 is 1. The minimum atomic E-state index is -0.0283. The minimum absolute atomic E-state index is 0.0283. The maximum Gasteiger partial charge on any atom is 0.254 e. The molecule has 27 heavy (non-hydrogen) atoms. The van der Waals surface area contributed by atoms with Gasteiger partial charge >= 0.3 is 0 Å². The number of benzene rings is 1. The van der Waals surface area contributed by atoms with E-state index in [0.717, 1.165) is 43.4 Å². The molecule has 6 nitrogen and oxygen atoms in total.